The van der Waals surface area contributed by atoms with E-state index in [0.29, 0.717) is 6.04 Å². The lowest BCUT2D eigenvalue weighted by atomic mass is 9.88. The van der Waals surface area contributed by atoms with Crippen molar-refractivity contribution in [3.8, 4) is 0 Å². The van der Waals surface area contributed by atoms with Crippen LogP contribution < -0.4 is 5.32 Å². The van der Waals surface area contributed by atoms with Crippen LogP contribution in [0.15, 0.2) is 54.6 Å². The molecule has 19 heavy (non-hydrogen) atoms. The third kappa shape index (κ3) is 1.90. The first-order chi connectivity index (χ1) is 8.93. The van der Waals surface area contributed by atoms with Crippen molar-refractivity contribution >= 4 is 34.0 Å². The van der Waals surface area contributed by atoms with E-state index < -0.39 is 0 Å². The molecule has 1 aliphatic heterocycles. The van der Waals surface area contributed by atoms with E-state index in [0.717, 1.165) is 6.54 Å². The van der Waals surface area contributed by atoms with E-state index in [1.165, 1.54) is 33.5 Å². The van der Waals surface area contributed by atoms with Gasteiger partial charge in [0, 0.05) is 6.04 Å². The van der Waals surface area contributed by atoms with Gasteiger partial charge in [0.2, 0.25) is 0 Å². The molecule has 1 nitrogen and oxygen atoms in total. The van der Waals surface area contributed by atoms with Crippen molar-refractivity contribution in [3.05, 3.63) is 60.2 Å². The molecule has 0 bridgehead atoms. The Hall–Kier alpha value is -1.57. The molecule has 0 saturated carbocycles. The van der Waals surface area contributed by atoms with Gasteiger partial charge in [0.15, 0.2) is 0 Å². The maximum atomic E-state index is 3.55. The SMILES string of the molecule is Cl.c1ccc2c([C@H]3CCN3)c3ccccc3cc2c1. The molecular weight excluding hydrogens is 254 g/mol. The molecule has 0 amide bonds. The molecule has 2 heteroatoms. The third-order valence-corrected chi connectivity index (χ3v) is 3.99. The van der Waals surface area contributed by atoms with E-state index in [1.54, 1.807) is 0 Å². The highest BCUT2D eigenvalue weighted by Gasteiger charge is 2.22. The fourth-order valence-electron chi connectivity index (χ4n) is 2.96. The summed E-state index contributed by atoms with van der Waals surface area (Å²) in [7, 11) is 0. The minimum atomic E-state index is 0. The van der Waals surface area contributed by atoms with E-state index in [2.05, 4.69) is 59.9 Å². The Bertz CT molecular complexity index is 677. The van der Waals surface area contributed by atoms with Crippen LogP contribution in [0.25, 0.3) is 21.5 Å². The van der Waals surface area contributed by atoms with Gasteiger partial charge in [-0.25, -0.2) is 0 Å². The van der Waals surface area contributed by atoms with Gasteiger partial charge in [0.25, 0.3) is 0 Å². The van der Waals surface area contributed by atoms with Gasteiger partial charge in [-0.1, -0.05) is 48.5 Å². The minimum Gasteiger partial charge on any atom is -0.310 e. The molecule has 1 N–H and O–H groups in total. The lowest BCUT2D eigenvalue weighted by Gasteiger charge is -2.30. The van der Waals surface area contributed by atoms with Crippen LogP contribution >= 0.6 is 12.4 Å². The van der Waals surface area contributed by atoms with Crippen molar-refractivity contribution in [2.24, 2.45) is 0 Å². The fraction of sp³-hybridized carbons (Fsp3) is 0.176. The monoisotopic (exact) mass is 269 g/mol. The average Bonchev–Trinajstić information content (AvgIpc) is 2.36. The Morgan fingerprint density at radius 1 is 0.842 bits per heavy atom. The predicted molar refractivity (Wildman–Crippen MR) is 84.1 cm³/mol. The van der Waals surface area contributed by atoms with Crippen LogP contribution in [0, 0.1) is 0 Å². The summed E-state index contributed by atoms with van der Waals surface area (Å²) in [5.74, 6) is 0. The maximum absolute atomic E-state index is 3.55. The van der Waals surface area contributed by atoms with E-state index in [9.17, 15) is 0 Å². The lowest BCUT2D eigenvalue weighted by molar-refractivity contribution is 0.388. The van der Waals surface area contributed by atoms with Crippen molar-refractivity contribution in [2.75, 3.05) is 6.54 Å². The molecule has 3 aromatic carbocycles. The van der Waals surface area contributed by atoms with Crippen molar-refractivity contribution < 1.29 is 0 Å². The summed E-state index contributed by atoms with van der Waals surface area (Å²) >= 11 is 0. The second-order valence-corrected chi connectivity index (χ2v) is 5.03. The molecule has 3 aromatic rings. The van der Waals surface area contributed by atoms with Crippen LogP contribution in [0.3, 0.4) is 0 Å². The molecule has 1 aliphatic rings. The summed E-state index contributed by atoms with van der Waals surface area (Å²) in [6.45, 7) is 1.14. The second-order valence-electron chi connectivity index (χ2n) is 5.03. The summed E-state index contributed by atoms with van der Waals surface area (Å²) in [5.41, 5.74) is 1.48. The van der Waals surface area contributed by atoms with E-state index in [1.807, 2.05) is 0 Å². The number of benzene rings is 3. The van der Waals surface area contributed by atoms with E-state index in [-0.39, 0.29) is 12.4 Å². The normalized spacial score (nSPS) is 18.0. The fourth-order valence-corrected chi connectivity index (χ4v) is 2.96. The van der Waals surface area contributed by atoms with Crippen LogP contribution in [0.2, 0.25) is 0 Å². The second kappa shape index (κ2) is 4.84. The zero-order valence-electron chi connectivity index (χ0n) is 10.6. The zero-order valence-corrected chi connectivity index (χ0v) is 11.4. The standard InChI is InChI=1S/C17H15N.ClH/c1-3-7-14-12(5-1)11-13-6-2-4-8-15(13)17(14)16-9-10-18-16;/h1-8,11,16,18H,9-10H2;1H/t16-;/m1./s1. The number of nitrogens with one attached hydrogen (secondary N) is 1. The van der Waals surface area contributed by atoms with Gasteiger partial charge in [-0.2, -0.15) is 0 Å². The Morgan fingerprint density at radius 2 is 1.37 bits per heavy atom. The van der Waals surface area contributed by atoms with Gasteiger partial charge in [0.05, 0.1) is 0 Å². The smallest absolute Gasteiger partial charge is 0.0344 e. The average molecular weight is 270 g/mol. The van der Waals surface area contributed by atoms with Crippen molar-refractivity contribution in [1.29, 1.82) is 0 Å². The molecule has 0 spiro atoms. The molecule has 1 saturated heterocycles. The molecule has 0 unspecified atom stereocenters. The molecule has 1 fully saturated rings. The number of fused-ring (bicyclic) bond motifs is 2. The first-order valence-corrected chi connectivity index (χ1v) is 6.57. The van der Waals surface area contributed by atoms with Gasteiger partial charge in [0.1, 0.15) is 0 Å². The summed E-state index contributed by atoms with van der Waals surface area (Å²) in [5, 5.41) is 9.03. The summed E-state index contributed by atoms with van der Waals surface area (Å²) in [4.78, 5) is 0. The van der Waals surface area contributed by atoms with Crippen molar-refractivity contribution in [3.63, 3.8) is 0 Å². The highest BCUT2D eigenvalue weighted by atomic mass is 35.5. The largest absolute Gasteiger partial charge is 0.310 e. The van der Waals surface area contributed by atoms with Gasteiger partial charge < -0.3 is 5.32 Å². The van der Waals surface area contributed by atoms with E-state index in [4.69, 9.17) is 0 Å². The zero-order chi connectivity index (χ0) is 11.9. The van der Waals surface area contributed by atoms with Crippen LogP contribution in [-0.2, 0) is 0 Å². The van der Waals surface area contributed by atoms with Gasteiger partial charge in [-0.15, -0.1) is 12.4 Å². The highest BCUT2D eigenvalue weighted by Crippen LogP contribution is 2.36. The Kier molecular flexibility index (Phi) is 3.17. The molecule has 4 rings (SSSR count). The van der Waals surface area contributed by atoms with Crippen LogP contribution in [-0.4, -0.2) is 6.54 Å². The molecular formula is C17H16ClN. The van der Waals surface area contributed by atoms with Gasteiger partial charge in [-0.05, 0) is 46.1 Å². The van der Waals surface area contributed by atoms with Crippen LogP contribution in [0.4, 0.5) is 0 Å². The topological polar surface area (TPSA) is 12.0 Å². The first-order valence-electron chi connectivity index (χ1n) is 6.57. The Morgan fingerprint density at radius 3 is 1.84 bits per heavy atom. The molecule has 1 heterocycles. The maximum Gasteiger partial charge on any atom is 0.0344 e. The molecule has 0 aromatic heterocycles. The first kappa shape index (κ1) is 12.5. The van der Waals surface area contributed by atoms with Gasteiger partial charge in [-0.3, -0.25) is 0 Å². The summed E-state index contributed by atoms with van der Waals surface area (Å²) in [6.07, 6.45) is 1.25. The summed E-state index contributed by atoms with van der Waals surface area (Å²) < 4.78 is 0. The highest BCUT2D eigenvalue weighted by molar-refractivity contribution is 6.02. The van der Waals surface area contributed by atoms with Crippen LogP contribution in [0.1, 0.15) is 18.0 Å². The Balaban J connectivity index is 0.00000110. The molecule has 0 radical (unpaired) electrons. The number of hydrogen-bond acceptors (Lipinski definition) is 1. The number of hydrogen-bond donors (Lipinski definition) is 1. The van der Waals surface area contributed by atoms with E-state index >= 15 is 0 Å². The third-order valence-electron chi connectivity index (χ3n) is 3.99. The number of halogens is 1. The van der Waals surface area contributed by atoms with Crippen molar-refractivity contribution in [2.45, 2.75) is 12.5 Å². The minimum absolute atomic E-state index is 0. The van der Waals surface area contributed by atoms with Crippen molar-refractivity contribution in [1.82, 2.24) is 5.32 Å². The quantitative estimate of drug-likeness (QED) is 0.644. The molecule has 0 aliphatic carbocycles. The molecule has 96 valence electrons. The molecule has 1 atom stereocenters. The van der Waals surface area contributed by atoms with Gasteiger partial charge >= 0.3 is 0 Å². The summed E-state index contributed by atoms with van der Waals surface area (Å²) in [6, 6.07) is 20.3. The lowest BCUT2D eigenvalue weighted by Crippen LogP contribution is -2.35. The predicted octanol–water partition coefficient (Wildman–Crippen LogP) is 4.45. The number of rotatable bonds is 1. The van der Waals surface area contributed by atoms with Crippen LogP contribution in [0.5, 0.6) is 0 Å². The Labute approximate surface area is 119 Å².